The van der Waals surface area contributed by atoms with E-state index in [4.69, 9.17) is 5.73 Å². The van der Waals surface area contributed by atoms with Gasteiger partial charge in [-0.25, -0.2) is 0 Å². The van der Waals surface area contributed by atoms with Gasteiger partial charge >= 0.3 is 0 Å². The first kappa shape index (κ1) is 13.6. The molecule has 0 saturated carbocycles. The predicted octanol–water partition coefficient (Wildman–Crippen LogP) is 3.20. The monoisotopic (exact) mass is 234 g/mol. The fraction of sp³-hybridized carbons (Fsp3) is 0.500. The Morgan fingerprint density at radius 1 is 1.24 bits per heavy atom. The molecule has 0 spiro atoms. The molecule has 0 aromatic heterocycles. The molecule has 0 unspecified atom stereocenters. The van der Waals surface area contributed by atoms with Crippen molar-refractivity contribution in [2.75, 3.05) is 17.2 Å². The molecule has 0 atom stereocenters. The van der Waals surface area contributed by atoms with Gasteiger partial charge in [-0.1, -0.05) is 31.9 Å². The maximum absolute atomic E-state index is 12.1. The Hall–Kier alpha value is -1.51. The lowest BCUT2D eigenvalue weighted by Gasteiger charge is -2.22. The van der Waals surface area contributed by atoms with Crippen molar-refractivity contribution in [3.63, 3.8) is 0 Å². The van der Waals surface area contributed by atoms with Crippen molar-refractivity contribution in [1.29, 1.82) is 0 Å². The number of anilines is 2. The lowest BCUT2D eigenvalue weighted by Crippen LogP contribution is -2.31. The molecule has 0 saturated heterocycles. The molecule has 0 bridgehead atoms. The van der Waals surface area contributed by atoms with Gasteiger partial charge < -0.3 is 10.6 Å². The molecule has 0 aliphatic heterocycles. The second-order valence-electron chi connectivity index (χ2n) is 4.15. The molecule has 17 heavy (non-hydrogen) atoms. The average molecular weight is 234 g/mol. The van der Waals surface area contributed by atoms with E-state index in [9.17, 15) is 4.79 Å². The number of benzene rings is 1. The molecule has 0 aliphatic carbocycles. The first-order chi connectivity index (χ1) is 8.20. The minimum Gasteiger partial charge on any atom is -0.397 e. The summed E-state index contributed by atoms with van der Waals surface area (Å²) < 4.78 is 0. The van der Waals surface area contributed by atoms with Crippen molar-refractivity contribution in [2.45, 2.75) is 39.5 Å². The first-order valence-corrected chi connectivity index (χ1v) is 6.35. The molecule has 94 valence electrons. The van der Waals surface area contributed by atoms with Crippen molar-refractivity contribution >= 4 is 17.3 Å². The summed E-state index contributed by atoms with van der Waals surface area (Å²) in [6, 6.07) is 7.52. The minimum atomic E-state index is 0.166. The summed E-state index contributed by atoms with van der Waals surface area (Å²) in [7, 11) is 0. The number of nitrogen functional groups attached to an aromatic ring is 1. The number of hydrogen-bond donors (Lipinski definition) is 1. The molecule has 0 fully saturated rings. The van der Waals surface area contributed by atoms with Gasteiger partial charge in [-0.3, -0.25) is 4.79 Å². The fourth-order valence-corrected chi connectivity index (χ4v) is 1.88. The molecule has 1 amide bonds. The van der Waals surface area contributed by atoms with Crippen LogP contribution >= 0.6 is 0 Å². The Bertz CT molecular complexity index is 363. The SMILES string of the molecule is CCCCCC(=O)N(CC)c1ccccc1N. The van der Waals surface area contributed by atoms with Crippen LogP contribution in [0.4, 0.5) is 11.4 Å². The van der Waals surface area contributed by atoms with Gasteiger partial charge in [0.2, 0.25) is 5.91 Å². The standard InChI is InChI=1S/C14H22N2O/c1-3-5-6-11-14(17)16(4-2)13-10-8-7-9-12(13)15/h7-10H,3-6,11,15H2,1-2H3. The molecule has 1 aromatic carbocycles. The van der Waals surface area contributed by atoms with Gasteiger partial charge in [0.25, 0.3) is 0 Å². The van der Waals surface area contributed by atoms with Crippen LogP contribution in [-0.4, -0.2) is 12.5 Å². The van der Waals surface area contributed by atoms with E-state index in [0.717, 1.165) is 24.9 Å². The lowest BCUT2D eigenvalue weighted by atomic mass is 10.1. The summed E-state index contributed by atoms with van der Waals surface area (Å²) in [6.45, 7) is 4.78. The fourth-order valence-electron chi connectivity index (χ4n) is 1.88. The average Bonchev–Trinajstić information content (AvgIpc) is 2.33. The van der Waals surface area contributed by atoms with E-state index in [2.05, 4.69) is 6.92 Å². The van der Waals surface area contributed by atoms with Crippen molar-refractivity contribution in [3.8, 4) is 0 Å². The van der Waals surface area contributed by atoms with E-state index in [1.54, 1.807) is 4.90 Å². The molecular formula is C14H22N2O. The maximum Gasteiger partial charge on any atom is 0.227 e. The summed E-state index contributed by atoms with van der Waals surface area (Å²) in [6.07, 6.45) is 3.80. The third kappa shape index (κ3) is 3.77. The zero-order valence-electron chi connectivity index (χ0n) is 10.8. The van der Waals surface area contributed by atoms with E-state index in [1.807, 2.05) is 31.2 Å². The number of nitrogens with two attached hydrogens (primary N) is 1. The number of para-hydroxylation sites is 2. The number of carbonyl (C=O) groups excluding carboxylic acids is 1. The highest BCUT2D eigenvalue weighted by Crippen LogP contribution is 2.23. The van der Waals surface area contributed by atoms with Crippen molar-refractivity contribution in [1.82, 2.24) is 0 Å². The quantitative estimate of drug-likeness (QED) is 0.607. The smallest absolute Gasteiger partial charge is 0.227 e. The van der Waals surface area contributed by atoms with Gasteiger partial charge in [0.1, 0.15) is 0 Å². The van der Waals surface area contributed by atoms with Gasteiger partial charge in [0, 0.05) is 13.0 Å². The second-order valence-corrected chi connectivity index (χ2v) is 4.15. The summed E-state index contributed by atoms with van der Waals surface area (Å²) in [5, 5.41) is 0. The normalized spacial score (nSPS) is 10.2. The highest BCUT2D eigenvalue weighted by Gasteiger charge is 2.14. The largest absolute Gasteiger partial charge is 0.397 e. The van der Waals surface area contributed by atoms with E-state index in [1.165, 1.54) is 0 Å². The number of amides is 1. The second kappa shape index (κ2) is 6.94. The molecule has 1 aromatic rings. The number of unbranched alkanes of at least 4 members (excludes halogenated alkanes) is 2. The van der Waals surface area contributed by atoms with Crippen LogP contribution in [0.5, 0.6) is 0 Å². The van der Waals surface area contributed by atoms with Crippen LogP contribution in [0.2, 0.25) is 0 Å². The van der Waals surface area contributed by atoms with Crippen molar-refractivity contribution in [2.24, 2.45) is 0 Å². The Labute approximate surface area is 104 Å². The highest BCUT2D eigenvalue weighted by molar-refractivity contribution is 5.96. The molecule has 0 heterocycles. The van der Waals surface area contributed by atoms with E-state index >= 15 is 0 Å². The van der Waals surface area contributed by atoms with Crippen LogP contribution in [0, 0.1) is 0 Å². The Kier molecular flexibility index (Phi) is 5.53. The third-order valence-corrected chi connectivity index (χ3v) is 2.84. The van der Waals surface area contributed by atoms with E-state index in [-0.39, 0.29) is 5.91 Å². The summed E-state index contributed by atoms with van der Waals surface area (Å²) in [5.41, 5.74) is 7.39. The van der Waals surface area contributed by atoms with E-state index in [0.29, 0.717) is 18.7 Å². The van der Waals surface area contributed by atoms with Crippen LogP contribution in [0.1, 0.15) is 39.5 Å². The molecule has 0 radical (unpaired) electrons. The van der Waals surface area contributed by atoms with Crippen LogP contribution in [0.15, 0.2) is 24.3 Å². The number of carbonyl (C=O) groups is 1. The van der Waals surface area contributed by atoms with Gasteiger partial charge in [0.15, 0.2) is 0 Å². The highest BCUT2D eigenvalue weighted by atomic mass is 16.2. The van der Waals surface area contributed by atoms with Crippen molar-refractivity contribution < 1.29 is 4.79 Å². The molecule has 3 nitrogen and oxygen atoms in total. The van der Waals surface area contributed by atoms with Crippen LogP contribution in [0.25, 0.3) is 0 Å². The molecule has 2 N–H and O–H groups in total. The van der Waals surface area contributed by atoms with Crippen LogP contribution in [-0.2, 0) is 4.79 Å². The van der Waals surface area contributed by atoms with Crippen LogP contribution in [0.3, 0.4) is 0 Å². The van der Waals surface area contributed by atoms with Gasteiger partial charge in [-0.2, -0.15) is 0 Å². The number of nitrogens with zero attached hydrogens (tertiary/aromatic N) is 1. The van der Waals surface area contributed by atoms with Gasteiger partial charge in [-0.05, 0) is 25.5 Å². The Morgan fingerprint density at radius 2 is 1.94 bits per heavy atom. The number of rotatable bonds is 6. The predicted molar refractivity (Wildman–Crippen MR) is 73.0 cm³/mol. The summed E-state index contributed by atoms with van der Waals surface area (Å²) in [5.74, 6) is 0.166. The Morgan fingerprint density at radius 3 is 2.53 bits per heavy atom. The van der Waals surface area contributed by atoms with Gasteiger partial charge in [-0.15, -0.1) is 0 Å². The molecule has 0 aliphatic rings. The van der Waals surface area contributed by atoms with Crippen molar-refractivity contribution in [3.05, 3.63) is 24.3 Å². The summed E-state index contributed by atoms with van der Waals surface area (Å²) >= 11 is 0. The summed E-state index contributed by atoms with van der Waals surface area (Å²) in [4.78, 5) is 13.8. The first-order valence-electron chi connectivity index (χ1n) is 6.35. The van der Waals surface area contributed by atoms with E-state index < -0.39 is 0 Å². The third-order valence-electron chi connectivity index (χ3n) is 2.84. The number of hydrogen-bond acceptors (Lipinski definition) is 2. The lowest BCUT2D eigenvalue weighted by molar-refractivity contribution is -0.118. The van der Waals surface area contributed by atoms with Crippen LogP contribution < -0.4 is 10.6 Å². The zero-order valence-corrected chi connectivity index (χ0v) is 10.8. The topological polar surface area (TPSA) is 46.3 Å². The molecule has 1 rings (SSSR count). The maximum atomic E-state index is 12.1. The molecular weight excluding hydrogens is 212 g/mol. The minimum absolute atomic E-state index is 0.166. The van der Waals surface area contributed by atoms with Gasteiger partial charge in [0.05, 0.1) is 11.4 Å². The Balaban J connectivity index is 2.71. The zero-order chi connectivity index (χ0) is 12.7. The molecule has 3 heteroatoms.